The predicted molar refractivity (Wildman–Crippen MR) is 65.1 cm³/mol. The van der Waals surface area contributed by atoms with Crippen LogP contribution in [0, 0.1) is 0 Å². The van der Waals surface area contributed by atoms with Crippen molar-refractivity contribution in [1.29, 1.82) is 0 Å². The van der Waals surface area contributed by atoms with Crippen molar-refractivity contribution in [2.24, 2.45) is 0 Å². The van der Waals surface area contributed by atoms with Crippen LogP contribution < -0.4 is 5.32 Å². The maximum atomic E-state index is 12.6. The summed E-state index contributed by atoms with van der Waals surface area (Å²) < 4.78 is 37.7. The molecule has 0 radical (unpaired) electrons. The molecular formula is C13H14F3NO3. The van der Waals surface area contributed by atoms with Crippen molar-refractivity contribution in [2.45, 2.75) is 25.4 Å². The first-order valence-electron chi connectivity index (χ1n) is 5.86. The zero-order valence-electron chi connectivity index (χ0n) is 10.7. The second kappa shape index (κ2) is 6.40. The van der Waals surface area contributed by atoms with Gasteiger partial charge in [-0.3, -0.25) is 9.59 Å². The number of benzene rings is 1. The number of hydrogen-bond acceptors (Lipinski definition) is 2. The lowest BCUT2D eigenvalue weighted by Gasteiger charge is -2.14. The minimum absolute atomic E-state index is 0.0748. The fourth-order valence-corrected chi connectivity index (χ4v) is 1.66. The first kappa shape index (κ1) is 16.0. The van der Waals surface area contributed by atoms with E-state index in [2.05, 4.69) is 5.32 Å². The van der Waals surface area contributed by atoms with E-state index in [1.165, 1.54) is 12.1 Å². The Balaban J connectivity index is 2.70. The van der Waals surface area contributed by atoms with Gasteiger partial charge in [0.15, 0.2) is 0 Å². The third-order valence-corrected chi connectivity index (χ3v) is 2.71. The molecule has 1 aromatic rings. The van der Waals surface area contributed by atoms with Crippen molar-refractivity contribution in [3.63, 3.8) is 0 Å². The van der Waals surface area contributed by atoms with Crippen molar-refractivity contribution < 1.29 is 27.9 Å². The predicted octanol–water partition coefficient (Wildman–Crippen LogP) is 2.40. The van der Waals surface area contributed by atoms with Crippen LogP contribution in [0.4, 0.5) is 13.2 Å². The van der Waals surface area contributed by atoms with Gasteiger partial charge in [0.1, 0.15) is 6.54 Å². The van der Waals surface area contributed by atoms with E-state index in [-0.39, 0.29) is 6.42 Å². The number of hydrogen-bond donors (Lipinski definition) is 2. The first-order chi connectivity index (χ1) is 9.20. The van der Waals surface area contributed by atoms with Gasteiger partial charge in [0.2, 0.25) is 5.91 Å². The molecule has 1 atom stereocenters. The highest BCUT2D eigenvalue weighted by molar-refractivity contribution is 5.81. The van der Waals surface area contributed by atoms with Crippen LogP contribution in [0.25, 0.3) is 0 Å². The monoisotopic (exact) mass is 289 g/mol. The zero-order chi connectivity index (χ0) is 15.3. The van der Waals surface area contributed by atoms with Gasteiger partial charge in [-0.25, -0.2) is 0 Å². The molecule has 4 nitrogen and oxygen atoms in total. The molecule has 110 valence electrons. The smallest absolute Gasteiger partial charge is 0.416 e. The normalized spacial score (nSPS) is 12.8. The first-order valence-corrected chi connectivity index (χ1v) is 5.86. The molecular weight excluding hydrogens is 275 g/mol. The molecule has 1 rings (SSSR count). The molecule has 7 heteroatoms. The number of alkyl halides is 3. The Kier molecular flexibility index (Phi) is 5.12. The van der Waals surface area contributed by atoms with E-state index >= 15 is 0 Å². The van der Waals surface area contributed by atoms with E-state index in [0.29, 0.717) is 5.56 Å². The highest BCUT2D eigenvalue weighted by Gasteiger charge is 2.30. The third-order valence-electron chi connectivity index (χ3n) is 2.71. The Hall–Kier alpha value is -2.05. The molecule has 0 aliphatic carbocycles. The number of carbonyl (C=O) groups excluding carboxylic acids is 1. The van der Waals surface area contributed by atoms with Crippen LogP contribution in [-0.4, -0.2) is 23.5 Å². The Morgan fingerprint density at radius 1 is 1.35 bits per heavy atom. The summed E-state index contributed by atoms with van der Waals surface area (Å²) in [6, 6.07) is 4.74. The highest BCUT2D eigenvalue weighted by Crippen LogP contribution is 2.31. The van der Waals surface area contributed by atoms with Gasteiger partial charge < -0.3 is 10.4 Å². The maximum absolute atomic E-state index is 12.6. The molecule has 2 N–H and O–H groups in total. The number of aliphatic carboxylic acids is 1. The van der Waals surface area contributed by atoms with E-state index in [4.69, 9.17) is 5.11 Å². The number of carbonyl (C=O) groups is 2. The van der Waals surface area contributed by atoms with Crippen LogP contribution in [0.15, 0.2) is 24.3 Å². The molecule has 0 saturated carbocycles. The van der Waals surface area contributed by atoms with Gasteiger partial charge in [-0.05, 0) is 17.5 Å². The molecule has 0 aliphatic heterocycles. The molecule has 0 aliphatic rings. The van der Waals surface area contributed by atoms with Crippen molar-refractivity contribution in [3.05, 3.63) is 35.4 Å². The lowest BCUT2D eigenvalue weighted by molar-refractivity contribution is -0.138. The van der Waals surface area contributed by atoms with E-state index in [1.54, 1.807) is 6.92 Å². The fraction of sp³-hybridized carbons (Fsp3) is 0.385. The van der Waals surface area contributed by atoms with E-state index in [1.807, 2.05) is 0 Å². The summed E-state index contributed by atoms with van der Waals surface area (Å²) in [6.07, 6.45) is -4.50. The van der Waals surface area contributed by atoms with Crippen LogP contribution in [-0.2, 0) is 15.8 Å². The second-order valence-corrected chi connectivity index (χ2v) is 4.40. The summed E-state index contributed by atoms with van der Waals surface area (Å²) in [6.45, 7) is 1.10. The quantitative estimate of drug-likeness (QED) is 0.874. The van der Waals surface area contributed by atoms with Gasteiger partial charge in [0.25, 0.3) is 0 Å². The van der Waals surface area contributed by atoms with Crippen LogP contribution in [0.5, 0.6) is 0 Å². The van der Waals surface area contributed by atoms with Gasteiger partial charge >= 0.3 is 12.1 Å². The van der Waals surface area contributed by atoms with Crippen molar-refractivity contribution in [1.82, 2.24) is 5.32 Å². The summed E-state index contributed by atoms with van der Waals surface area (Å²) in [4.78, 5) is 21.7. The molecule has 0 saturated heterocycles. The number of halogens is 3. The molecule has 0 spiro atoms. The molecule has 1 amide bonds. The molecule has 20 heavy (non-hydrogen) atoms. The van der Waals surface area contributed by atoms with E-state index in [0.717, 1.165) is 12.1 Å². The summed E-state index contributed by atoms with van der Waals surface area (Å²) in [5.74, 6) is -2.13. The standard InChI is InChI=1S/C13H14F3NO3/c1-8(5-11(18)17-7-12(19)20)9-3-2-4-10(6-9)13(14,15)16/h2-4,6,8H,5,7H2,1H3,(H,17,18)(H,19,20). The molecule has 0 heterocycles. The number of nitrogens with one attached hydrogen (secondary N) is 1. The lowest BCUT2D eigenvalue weighted by atomic mass is 9.95. The maximum Gasteiger partial charge on any atom is 0.416 e. The third kappa shape index (κ3) is 4.91. The van der Waals surface area contributed by atoms with Crippen LogP contribution >= 0.6 is 0 Å². The Bertz CT molecular complexity index is 500. The van der Waals surface area contributed by atoms with Crippen LogP contribution in [0.2, 0.25) is 0 Å². The van der Waals surface area contributed by atoms with Gasteiger partial charge in [-0.15, -0.1) is 0 Å². The molecule has 0 bridgehead atoms. The number of rotatable bonds is 5. The van der Waals surface area contributed by atoms with E-state index in [9.17, 15) is 22.8 Å². The number of carboxylic acids is 1. The summed E-state index contributed by atoms with van der Waals surface area (Å²) in [7, 11) is 0. The zero-order valence-corrected chi connectivity index (χ0v) is 10.7. The number of carboxylic acid groups (broad SMARTS) is 1. The van der Waals surface area contributed by atoms with Gasteiger partial charge in [-0.1, -0.05) is 25.1 Å². The Morgan fingerprint density at radius 3 is 2.55 bits per heavy atom. The minimum Gasteiger partial charge on any atom is -0.480 e. The molecule has 1 aromatic carbocycles. The summed E-state index contributed by atoms with van der Waals surface area (Å²) in [5.41, 5.74) is -0.391. The Morgan fingerprint density at radius 2 is 2.00 bits per heavy atom. The van der Waals surface area contributed by atoms with Crippen molar-refractivity contribution >= 4 is 11.9 Å². The van der Waals surface area contributed by atoms with Crippen LogP contribution in [0.3, 0.4) is 0 Å². The minimum atomic E-state index is -4.43. The molecule has 1 unspecified atom stereocenters. The highest BCUT2D eigenvalue weighted by atomic mass is 19.4. The average Bonchev–Trinajstić information content (AvgIpc) is 2.35. The van der Waals surface area contributed by atoms with Gasteiger partial charge in [0.05, 0.1) is 5.56 Å². The Labute approximate surface area is 113 Å². The topological polar surface area (TPSA) is 66.4 Å². The molecule has 0 fully saturated rings. The van der Waals surface area contributed by atoms with Crippen molar-refractivity contribution in [3.8, 4) is 0 Å². The summed E-state index contributed by atoms with van der Waals surface area (Å²) >= 11 is 0. The second-order valence-electron chi connectivity index (χ2n) is 4.40. The molecule has 0 aromatic heterocycles. The van der Waals surface area contributed by atoms with Crippen molar-refractivity contribution in [2.75, 3.05) is 6.54 Å². The average molecular weight is 289 g/mol. The van der Waals surface area contributed by atoms with Gasteiger partial charge in [0, 0.05) is 6.42 Å². The van der Waals surface area contributed by atoms with Gasteiger partial charge in [-0.2, -0.15) is 13.2 Å². The fourth-order valence-electron chi connectivity index (χ4n) is 1.66. The van der Waals surface area contributed by atoms with Crippen LogP contribution in [0.1, 0.15) is 30.4 Å². The largest absolute Gasteiger partial charge is 0.480 e. The van der Waals surface area contributed by atoms with E-state index < -0.39 is 36.1 Å². The summed E-state index contributed by atoms with van der Waals surface area (Å²) in [5, 5.41) is 10.6. The lowest BCUT2D eigenvalue weighted by Crippen LogP contribution is -2.30. The SMILES string of the molecule is CC(CC(=O)NCC(=O)O)c1cccc(C(F)(F)F)c1. The number of amides is 1.